The van der Waals surface area contributed by atoms with Crippen molar-refractivity contribution in [1.29, 1.82) is 0 Å². The molecule has 1 N–H and O–H groups in total. The van der Waals surface area contributed by atoms with Gasteiger partial charge in [0.25, 0.3) is 0 Å². The van der Waals surface area contributed by atoms with Crippen molar-refractivity contribution in [2.45, 2.75) is 31.4 Å². The molecule has 2 nitrogen and oxygen atoms in total. The van der Waals surface area contributed by atoms with Gasteiger partial charge in [-0.2, -0.15) is 13.2 Å². The molecule has 1 saturated heterocycles. The van der Waals surface area contributed by atoms with Crippen LogP contribution >= 0.6 is 0 Å². The van der Waals surface area contributed by atoms with Gasteiger partial charge >= 0.3 is 6.18 Å². The van der Waals surface area contributed by atoms with Crippen molar-refractivity contribution in [2.75, 3.05) is 19.6 Å². The third-order valence-electron chi connectivity index (χ3n) is 4.93. The first-order valence-electron chi connectivity index (χ1n) is 8.59. The van der Waals surface area contributed by atoms with Gasteiger partial charge in [0.05, 0.1) is 5.56 Å². The van der Waals surface area contributed by atoms with Gasteiger partial charge in [0.1, 0.15) is 5.75 Å². The highest BCUT2D eigenvalue weighted by Crippen LogP contribution is 2.34. The lowest BCUT2D eigenvalue weighted by Gasteiger charge is -2.32. The van der Waals surface area contributed by atoms with E-state index in [1.165, 1.54) is 17.7 Å². The first-order valence-corrected chi connectivity index (χ1v) is 8.59. The predicted molar refractivity (Wildman–Crippen MR) is 91.7 cm³/mol. The number of nitrogens with zero attached hydrogens (tertiary/aromatic N) is 1. The molecule has 0 atom stereocenters. The van der Waals surface area contributed by atoms with E-state index >= 15 is 0 Å². The first-order chi connectivity index (χ1) is 11.9. The summed E-state index contributed by atoms with van der Waals surface area (Å²) in [6.07, 6.45) is -1.59. The molecule has 134 valence electrons. The van der Waals surface area contributed by atoms with Crippen LogP contribution in [0.1, 0.15) is 35.4 Å². The summed E-state index contributed by atoms with van der Waals surface area (Å²) in [6.45, 7) is 2.73. The van der Waals surface area contributed by atoms with E-state index in [4.69, 9.17) is 0 Å². The van der Waals surface area contributed by atoms with Crippen molar-refractivity contribution in [3.05, 3.63) is 65.2 Å². The van der Waals surface area contributed by atoms with Crippen LogP contribution in [0.15, 0.2) is 48.5 Å². The summed E-state index contributed by atoms with van der Waals surface area (Å²) >= 11 is 0. The van der Waals surface area contributed by atoms with Crippen LogP contribution in [0.3, 0.4) is 0 Å². The molecule has 2 aromatic rings. The zero-order chi connectivity index (χ0) is 17.9. The van der Waals surface area contributed by atoms with Gasteiger partial charge in [-0.25, -0.2) is 0 Å². The zero-order valence-electron chi connectivity index (χ0n) is 14.0. The Balaban J connectivity index is 1.52. The maximum absolute atomic E-state index is 12.9. The molecule has 1 heterocycles. The lowest BCUT2D eigenvalue weighted by atomic mass is 9.88. The Morgan fingerprint density at radius 2 is 1.68 bits per heavy atom. The number of hydrogen-bond donors (Lipinski definition) is 1. The quantitative estimate of drug-likeness (QED) is 0.854. The van der Waals surface area contributed by atoms with Gasteiger partial charge in [-0.05, 0) is 67.6 Å². The fourth-order valence-corrected chi connectivity index (χ4v) is 3.41. The summed E-state index contributed by atoms with van der Waals surface area (Å²) in [4.78, 5) is 2.36. The number of rotatable bonds is 4. The summed E-state index contributed by atoms with van der Waals surface area (Å²) in [5, 5.41) is 9.30. The molecule has 5 heteroatoms. The normalized spacial score (nSPS) is 16.9. The number of likely N-dealkylation sites (tertiary alicyclic amines) is 1. The summed E-state index contributed by atoms with van der Waals surface area (Å²) in [7, 11) is 0. The van der Waals surface area contributed by atoms with Gasteiger partial charge in [0.15, 0.2) is 0 Å². The van der Waals surface area contributed by atoms with Gasteiger partial charge in [0, 0.05) is 6.54 Å². The molecule has 1 fully saturated rings. The zero-order valence-corrected chi connectivity index (χ0v) is 14.0. The average molecular weight is 349 g/mol. The number of phenolic OH excluding ortho intramolecular Hbond substituents is 1. The van der Waals surface area contributed by atoms with Crippen LogP contribution in [0.2, 0.25) is 0 Å². The van der Waals surface area contributed by atoms with Crippen LogP contribution < -0.4 is 0 Å². The molecular formula is C20H22F3NO. The Labute approximate surface area is 145 Å². The molecule has 0 aromatic heterocycles. The smallest absolute Gasteiger partial charge is 0.416 e. The molecular weight excluding hydrogens is 327 g/mol. The number of piperidine rings is 1. The molecule has 0 spiro atoms. The highest BCUT2D eigenvalue weighted by atomic mass is 19.4. The Kier molecular flexibility index (Phi) is 5.33. The SMILES string of the molecule is Oc1ccc(CCN2CCC(c3cccc(C(F)(F)F)c3)CC2)cc1. The average Bonchev–Trinajstić information content (AvgIpc) is 2.61. The Bertz CT molecular complexity index is 689. The van der Waals surface area contributed by atoms with E-state index in [1.807, 2.05) is 18.2 Å². The molecule has 25 heavy (non-hydrogen) atoms. The van der Waals surface area contributed by atoms with Crippen LogP contribution in [0, 0.1) is 0 Å². The summed E-state index contributed by atoms with van der Waals surface area (Å²) in [6, 6.07) is 13.0. The minimum Gasteiger partial charge on any atom is -0.508 e. The number of aromatic hydroxyl groups is 1. The second kappa shape index (κ2) is 7.48. The molecule has 3 rings (SSSR count). The molecule has 0 aliphatic carbocycles. The minimum atomic E-state index is -4.28. The fraction of sp³-hybridized carbons (Fsp3) is 0.400. The van der Waals surface area contributed by atoms with E-state index in [9.17, 15) is 18.3 Å². The van der Waals surface area contributed by atoms with Crippen molar-refractivity contribution >= 4 is 0 Å². The van der Waals surface area contributed by atoms with Crippen molar-refractivity contribution in [3.63, 3.8) is 0 Å². The Hall–Kier alpha value is -2.01. The van der Waals surface area contributed by atoms with E-state index in [2.05, 4.69) is 4.90 Å². The molecule has 0 saturated carbocycles. The third kappa shape index (κ3) is 4.75. The number of halogens is 3. The van der Waals surface area contributed by atoms with E-state index in [0.717, 1.165) is 50.5 Å². The second-order valence-corrected chi connectivity index (χ2v) is 6.66. The highest BCUT2D eigenvalue weighted by molar-refractivity contribution is 5.29. The fourth-order valence-electron chi connectivity index (χ4n) is 3.41. The Morgan fingerprint density at radius 1 is 1.00 bits per heavy atom. The largest absolute Gasteiger partial charge is 0.508 e. The standard InChI is InChI=1S/C20H22F3NO/c21-20(22,23)18-3-1-2-17(14-18)16-9-12-24(13-10-16)11-8-15-4-6-19(25)7-5-15/h1-7,14,16,25H,8-13H2. The van der Waals surface area contributed by atoms with Crippen LogP contribution in [-0.4, -0.2) is 29.6 Å². The maximum Gasteiger partial charge on any atom is 0.416 e. The van der Waals surface area contributed by atoms with Crippen molar-refractivity contribution in [1.82, 2.24) is 4.90 Å². The number of hydrogen-bond acceptors (Lipinski definition) is 2. The molecule has 0 amide bonds. The lowest BCUT2D eigenvalue weighted by Crippen LogP contribution is -2.34. The van der Waals surface area contributed by atoms with E-state index in [-0.39, 0.29) is 11.7 Å². The van der Waals surface area contributed by atoms with Gasteiger partial charge in [-0.3, -0.25) is 0 Å². The molecule has 0 unspecified atom stereocenters. The van der Waals surface area contributed by atoms with E-state index in [0.29, 0.717) is 0 Å². The number of alkyl halides is 3. The van der Waals surface area contributed by atoms with E-state index < -0.39 is 11.7 Å². The van der Waals surface area contributed by atoms with Gasteiger partial charge in [0.2, 0.25) is 0 Å². The maximum atomic E-state index is 12.9. The van der Waals surface area contributed by atoms with Gasteiger partial charge in [-0.1, -0.05) is 30.3 Å². The van der Waals surface area contributed by atoms with Crippen LogP contribution in [0.4, 0.5) is 13.2 Å². The van der Waals surface area contributed by atoms with Crippen LogP contribution in [-0.2, 0) is 12.6 Å². The Morgan fingerprint density at radius 3 is 2.32 bits per heavy atom. The van der Waals surface area contributed by atoms with Crippen molar-refractivity contribution < 1.29 is 18.3 Å². The summed E-state index contributed by atoms with van der Waals surface area (Å²) < 4.78 is 38.6. The second-order valence-electron chi connectivity index (χ2n) is 6.66. The molecule has 0 radical (unpaired) electrons. The highest BCUT2D eigenvalue weighted by Gasteiger charge is 2.31. The summed E-state index contributed by atoms with van der Waals surface area (Å²) in [5.41, 5.74) is 1.42. The number of benzene rings is 2. The predicted octanol–water partition coefficient (Wildman–Crippen LogP) is 4.83. The number of phenols is 1. The molecule has 1 aliphatic rings. The van der Waals surface area contributed by atoms with Crippen LogP contribution in [0.25, 0.3) is 0 Å². The molecule has 0 bridgehead atoms. The van der Waals surface area contributed by atoms with Crippen molar-refractivity contribution in [2.24, 2.45) is 0 Å². The topological polar surface area (TPSA) is 23.5 Å². The minimum absolute atomic E-state index is 0.201. The third-order valence-corrected chi connectivity index (χ3v) is 4.93. The van der Waals surface area contributed by atoms with Gasteiger partial charge in [-0.15, -0.1) is 0 Å². The van der Waals surface area contributed by atoms with E-state index in [1.54, 1.807) is 12.1 Å². The monoisotopic (exact) mass is 349 g/mol. The molecule has 1 aliphatic heterocycles. The molecule has 2 aromatic carbocycles. The lowest BCUT2D eigenvalue weighted by molar-refractivity contribution is -0.137. The van der Waals surface area contributed by atoms with Crippen molar-refractivity contribution in [3.8, 4) is 5.75 Å². The summed E-state index contributed by atoms with van der Waals surface area (Å²) in [5.74, 6) is 0.470. The van der Waals surface area contributed by atoms with Crippen LogP contribution in [0.5, 0.6) is 5.75 Å². The first kappa shape index (κ1) is 17.8. The van der Waals surface area contributed by atoms with Gasteiger partial charge < -0.3 is 10.0 Å².